The van der Waals surface area contributed by atoms with Gasteiger partial charge in [0, 0.05) is 33.9 Å². The quantitative estimate of drug-likeness (QED) is 0.234. The summed E-state index contributed by atoms with van der Waals surface area (Å²) in [5.41, 5.74) is 5.48. The molecule has 5 aromatic rings. The van der Waals surface area contributed by atoms with E-state index in [0.29, 0.717) is 24.5 Å². The molecule has 1 aromatic heterocycles. The van der Waals surface area contributed by atoms with Crippen LogP contribution in [0, 0.1) is 0 Å². The van der Waals surface area contributed by atoms with Crippen LogP contribution in [0.1, 0.15) is 11.1 Å². The lowest BCUT2D eigenvalue weighted by Gasteiger charge is -2.16. The summed E-state index contributed by atoms with van der Waals surface area (Å²) in [7, 11) is 1.64. The number of nitrogens with zero attached hydrogens (tertiary/aromatic N) is 2. The van der Waals surface area contributed by atoms with E-state index < -0.39 is 0 Å². The molecule has 37 heavy (non-hydrogen) atoms. The van der Waals surface area contributed by atoms with Crippen molar-refractivity contribution in [2.45, 2.75) is 6.54 Å². The molecule has 0 fully saturated rings. The summed E-state index contributed by atoms with van der Waals surface area (Å²) in [5, 5.41) is 1.09. The lowest BCUT2D eigenvalue weighted by molar-refractivity contribution is -0.112. The van der Waals surface area contributed by atoms with Crippen molar-refractivity contribution >= 4 is 39.8 Å². The van der Waals surface area contributed by atoms with Gasteiger partial charge in [-0.05, 0) is 42.5 Å². The molecular weight excluding hydrogens is 460 g/mol. The first-order chi connectivity index (χ1) is 18.2. The zero-order valence-corrected chi connectivity index (χ0v) is 20.5. The lowest BCUT2D eigenvalue weighted by Crippen LogP contribution is -2.20. The molecule has 1 aliphatic rings. The van der Waals surface area contributed by atoms with Crippen LogP contribution in [0.25, 0.3) is 22.6 Å². The first-order valence-electron chi connectivity index (χ1n) is 12.3. The van der Waals surface area contributed by atoms with E-state index in [9.17, 15) is 4.79 Å². The topological polar surface area (TPSA) is 43.7 Å². The number of carbonyl (C=O) groups excluding carboxylic acids is 1. The molecule has 0 saturated carbocycles. The zero-order chi connectivity index (χ0) is 25.2. The highest BCUT2D eigenvalue weighted by Crippen LogP contribution is 2.42. The Hall–Kier alpha value is -4.77. The number of amides is 1. The van der Waals surface area contributed by atoms with Crippen LogP contribution in [0.4, 0.5) is 11.4 Å². The largest absolute Gasteiger partial charge is 0.493 e. The van der Waals surface area contributed by atoms with Gasteiger partial charge in [-0.25, -0.2) is 0 Å². The number of para-hydroxylation sites is 5. The Morgan fingerprint density at radius 2 is 1.49 bits per heavy atom. The minimum atomic E-state index is -0.0243. The standard InChI is InChI=1S/C32H26N2O3/c1-36-30-17-9-10-18-31(30)37-20-19-33-22-23(25-13-5-7-15-28(25)33)21-27-26-14-6-8-16-29(26)34(32(27)35)24-11-3-2-4-12-24/h2-18,21-22H,19-20H2,1H3/b27-21+. The minimum Gasteiger partial charge on any atom is -0.493 e. The normalized spacial score (nSPS) is 13.8. The SMILES string of the molecule is COc1ccccc1OCCn1cc(/C=C2/C(=O)N(c3ccccc3)c3ccccc32)c2ccccc21. The molecule has 2 heterocycles. The molecule has 1 aliphatic heterocycles. The number of anilines is 2. The Balaban J connectivity index is 1.35. The maximum absolute atomic E-state index is 13.7. The van der Waals surface area contributed by atoms with Gasteiger partial charge in [-0.1, -0.05) is 66.7 Å². The number of hydrogen-bond donors (Lipinski definition) is 0. The van der Waals surface area contributed by atoms with Gasteiger partial charge >= 0.3 is 0 Å². The molecule has 4 aromatic carbocycles. The summed E-state index contributed by atoms with van der Waals surface area (Å²) in [6.45, 7) is 1.14. The highest BCUT2D eigenvalue weighted by Gasteiger charge is 2.33. The van der Waals surface area contributed by atoms with E-state index in [1.807, 2.05) is 97.1 Å². The van der Waals surface area contributed by atoms with Crippen molar-refractivity contribution in [1.29, 1.82) is 0 Å². The molecule has 0 bridgehead atoms. The van der Waals surface area contributed by atoms with E-state index in [1.54, 1.807) is 12.0 Å². The third kappa shape index (κ3) is 4.15. The van der Waals surface area contributed by atoms with Crippen LogP contribution in [0.5, 0.6) is 11.5 Å². The fraction of sp³-hybridized carbons (Fsp3) is 0.0938. The fourth-order valence-electron chi connectivity index (χ4n) is 4.94. The molecule has 0 radical (unpaired) electrons. The van der Waals surface area contributed by atoms with Crippen molar-refractivity contribution in [2.24, 2.45) is 0 Å². The zero-order valence-electron chi connectivity index (χ0n) is 20.5. The highest BCUT2D eigenvalue weighted by molar-refractivity contribution is 6.38. The number of methoxy groups -OCH3 is 1. The summed E-state index contributed by atoms with van der Waals surface area (Å²) >= 11 is 0. The summed E-state index contributed by atoms with van der Waals surface area (Å²) in [6, 6.07) is 33.7. The third-order valence-electron chi connectivity index (χ3n) is 6.66. The van der Waals surface area contributed by atoms with Crippen molar-refractivity contribution in [1.82, 2.24) is 4.57 Å². The molecular formula is C32H26N2O3. The molecule has 5 heteroatoms. The molecule has 0 saturated heterocycles. The smallest absolute Gasteiger partial charge is 0.263 e. The number of carbonyl (C=O) groups is 1. The van der Waals surface area contributed by atoms with Crippen LogP contribution in [-0.2, 0) is 11.3 Å². The van der Waals surface area contributed by atoms with Gasteiger partial charge in [0.1, 0.15) is 6.61 Å². The molecule has 1 amide bonds. The molecule has 0 aliphatic carbocycles. The van der Waals surface area contributed by atoms with E-state index >= 15 is 0 Å². The van der Waals surface area contributed by atoms with Crippen molar-refractivity contribution in [2.75, 3.05) is 18.6 Å². The Labute approximate surface area is 215 Å². The van der Waals surface area contributed by atoms with Crippen LogP contribution in [0.15, 0.2) is 109 Å². The molecule has 0 atom stereocenters. The van der Waals surface area contributed by atoms with E-state index in [0.717, 1.165) is 39.2 Å². The number of ether oxygens (including phenoxy) is 2. The van der Waals surface area contributed by atoms with E-state index in [2.05, 4.69) is 22.9 Å². The highest BCUT2D eigenvalue weighted by atomic mass is 16.5. The average molecular weight is 487 g/mol. The van der Waals surface area contributed by atoms with Crippen LogP contribution < -0.4 is 14.4 Å². The minimum absolute atomic E-state index is 0.0243. The third-order valence-corrected chi connectivity index (χ3v) is 6.66. The van der Waals surface area contributed by atoms with Gasteiger partial charge in [0.15, 0.2) is 11.5 Å². The fourth-order valence-corrected chi connectivity index (χ4v) is 4.94. The van der Waals surface area contributed by atoms with Gasteiger partial charge in [0.05, 0.1) is 24.9 Å². The Kier molecular flexibility index (Phi) is 5.95. The van der Waals surface area contributed by atoms with Gasteiger partial charge in [0.2, 0.25) is 0 Å². The van der Waals surface area contributed by atoms with Crippen molar-refractivity contribution in [3.05, 3.63) is 120 Å². The maximum Gasteiger partial charge on any atom is 0.263 e. The van der Waals surface area contributed by atoms with Crippen molar-refractivity contribution < 1.29 is 14.3 Å². The lowest BCUT2D eigenvalue weighted by atomic mass is 10.0. The summed E-state index contributed by atoms with van der Waals surface area (Å²) < 4.78 is 13.6. The van der Waals surface area contributed by atoms with Gasteiger partial charge in [-0.3, -0.25) is 9.69 Å². The Morgan fingerprint density at radius 3 is 2.32 bits per heavy atom. The number of rotatable bonds is 7. The molecule has 0 N–H and O–H groups in total. The molecule has 0 spiro atoms. The Morgan fingerprint density at radius 1 is 0.784 bits per heavy atom. The summed E-state index contributed by atoms with van der Waals surface area (Å²) in [4.78, 5) is 15.5. The summed E-state index contributed by atoms with van der Waals surface area (Å²) in [5.74, 6) is 1.41. The molecule has 5 nitrogen and oxygen atoms in total. The average Bonchev–Trinajstić information content (AvgIpc) is 3.44. The van der Waals surface area contributed by atoms with Crippen LogP contribution in [0.2, 0.25) is 0 Å². The molecule has 6 rings (SSSR count). The molecule has 182 valence electrons. The van der Waals surface area contributed by atoms with Crippen LogP contribution in [-0.4, -0.2) is 24.2 Å². The van der Waals surface area contributed by atoms with Crippen LogP contribution >= 0.6 is 0 Å². The second-order valence-corrected chi connectivity index (χ2v) is 8.85. The second-order valence-electron chi connectivity index (χ2n) is 8.85. The van der Waals surface area contributed by atoms with E-state index in [1.165, 1.54) is 0 Å². The van der Waals surface area contributed by atoms with E-state index in [4.69, 9.17) is 9.47 Å². The Bertz CT molecular complexity index is 1620. The van der Waals surface area contributed by atoms with Gasteiger partial charge in [-0.15, -0.1) is 0 Å². The van der Waals surface area contributed by atoms with E-state index in [-0.39, 0.29) is 5.91 Å². The van der Waals surface area contributed by atoms with Crippen LogP contribution in [0.3, 0.4) is 0 Å². The predicted octanol–water partition coefficient (Wildman–Crippen LogP) is 6.95. The number of aromatic nitrogens is 1. The first-order valence-corrected chi connectivity index (χ1v) is 12.3. The van der Waals surface area contributed by atoms with Gasteiger partial charge in [0.25, 0.3) is 5.91 Å². The van der Waals surface area contributed by atoms with Gasteiger partial charge < -0.3 is 14.0 Å². The maximum atomic E-state index is 13.7. The number of hydrogen-bond acceptors (Lipinski definition) is 3. The molecule has 0 unspecified atom stereocenters. The predicted molar refractivity (Wildman–Crippen MR) is 148 cm³/mol. The van der Waals surface area contributed by atoms with Crippen molar-refractivity contribution in [3.63, 3.8) is 0 Å². The van der Waals surface area contributed by atoms with Gasteiger partial charge in [-0.2, -0.15) is 0 Å². The first kappa shape index (κ1) is 22.7. The number of benzene rings is 4. The monoisotopic (exact) mass is 486 g/mol. The number of fused-ring (bicyclic) bond motifs is 2. The summed E-state index contributed by atoms with van der Waals surface area (Å²) in [6.07, 6.45) is 4.12. The second kappa shape index (κ2) is 9.70. The van der Waals surface area contributed by atoms with Crippen molar-refractivity contribution in [3.8, 4) is 11.5 Å².